The average Bonchev–Trinajstić information content (AvgIpc) is 2.77. The van der Waals surface area contributed by atoms with E-state index in [9.17, 15) is 17.6 Å². The molecule has 174 valence electrons. The number of halogens is 3. The Balaban J connectivity index is 1.41. The third-order valence-electron chi connectivity index (χ3n) is 5.37. The van der Waals surface area contributed by atoms with Crippen molar-refractivity contribution in [3.63, 3.8) is 0 Å². The van der Waals surface area contributed by atoms with Crippen molar-refractivity contribution in [3.05, 3.63) is 69.5 Å². The summed E-state index contributed by atoms with van der Waals surface area (Å²) in [6, 6.07) is 11.8. The molecule has 1 N–H and O–H groups in total. The first-order valence-corrected chi connectivity index (χ1v) is 13.8. The highest BCUT2D eigenvalue weighted by molar-refractivity contribution is 7.98. The third-order valence-corrected chi connectivity index (χ3v) is 8.90. The maximum absolute atomic E-state index is 14.0. The zero-order chi connectivity index (χ0) is 23.1. The van der Waals surface area contributed by atoms with E-state index in [0.717, 1.165) is 22.1 Å². The fraction of sp³-hybridized carbons (Fsp3) is 0.409. The molecule has 32 heavy (non-hydrogen) atoms. The van der Waals surface area contributed by atoms with Crippen LogP contribution in [-0.2, 0) is 26.3 Å². The maximum atomic E-state index is 14.0. The van der Waals surface area contributed by atoms with Crippen LogP contribution in [0.4, 0.5) is 4.39 Å². The zero-order valence-corrected chi connectivity index (χ0v) is 20.5. The molecule has 3 rings (SSSR count). The van der Waals surface area contributed by atoms with Crippen molar-refractivity contribution in [2.24, 2.45) is 5.92 Å². The molecular formula is C22H25Cl2FN2O3S2. The number of hydrogen-bond acceptors (Lipinski definition) is 4. The van der Waals surface area contributed by atoms with Crippen molar-refractivity contribution in [2.45, 2.75) is 24.3 Å². The SMILES string of the molecule is O=C(NCCSCc1ccccc1Cl)C1CCN(S(=O)(=O)Cc2c(F)cccc2Cl)CC1. The van der Waals surface area contributed by atoms with E-state index >= 15 is 0 Å². The second-order valence-corrected chi connectivity index (χ2v) is 11.5. The average molecular weight is 519 g/mol. The first kappa shape index (κ1) is 25.3. The van der Waals surface area contributed by atoms with Crippen LogP contribution in [0.3, 0.4) is 0 Å². The van der Waals surface area contributed by atoms with Gasteiger partial charge in [-0.2, -0.15) is 11.8 Å². The minimum Gasteiger partial charge on any atom is -0.355 e. The Bertz CT molecular complexity index is 1020. The molecule has 0 atom stereocenters. The number of sulfonamides is 1. The van der Waals surface area contributed by atoms with Crippen LogP contribution in [0.2, 0.25) is 10.0 Å². The van der Waals surface area contributed by atoms with Crippen molar-refractivity contribution in [1.82, 2.24) is 9.62 Å². The Kier molecular flexibility index (Phi) is 9.25. The van der Waals surface area contributed by atoms with Gasteiger partial charge < -0.3 is 5.32 Å². The van der Waals surface area contributed by atoms with Gasteiger partial charge in [0, 0.05) is 52.7 Å². The number of rotatable bonds is 9. The Morgan fingerprint density at radius 1 is 1.09 bits per heavy atom. The molecule has 5 nitrogen and oxygen atoms in total. The van der Waals surface area contributed by atoms with Crippen molar-refractivity contribution in [2.75, 3.05) is 25.4 Å². The number of nitrogens with one attached hydrogen (secondary N) is 1. The minimum absolute atomic E-state index is 0.0247. The number of nitrogens with zero attached hydrogens (tertiary/aromatic N) is 1. The van der Waals surface area contributed by atoms with Crippen LogP contribution in [0, 0.1) is 11.7 Å². The molecule has 1 aliphatic rings. The largest absolute Gasteiger partial charge is 0.355 e. The smallest absolute Gasteiger partial charge is 0.223 e. The summed E-state index contributed by atoms with van der Waals surface area (Å²) in [5, 5.41) is 3.77. The Morgan fingerprint density at radius 3 is 2.47 bits per heavy atom. The van der Waals surface area contributed by atoms with Crippen LogP contribution in [0.15, 0.2) is 42.5 Å². The van der Waals surface area contributed by atoms with Gasteiger partial charge in [-0.15, -0.1) is 0 Å². The number of carbonyl (C=O) groups excluding carboxylic acids is 1. The van der Waals surface area contributed by atoms with Gasteiger partial charge in [0.2, 0.25) is 15.9 Å². The van der Waals surface area contributed by atoms with E-state index in [1.54, 1.807) is 11.8 Å². The number of carbonyl (C=O) groups is 1. The Morgan fingerprint density at radius 2 is 1.78 bits per heavy atom. The lowest BCUT2D eigenvalue weighted by atomic mass is 9.97. The molecule has 0 spiro atoms. The molecule has 0 bridgehead atoms. The lowest BCUT2D eigenvalue weighted by Gasteiger charge is -2.30. The molecule has 2 aromatic rings. The summed E-state index contributed by atoms with van der Waals surface area (Å²) in [6.07, 6.45) is 0.867. The lowest BCUT2D eigenvalue weighted by Crippen LogP contribution is -2.43. The van der Waals surface area contributed by atoms with Crippen molar-refractivity contribution >= 4 is 50.9 Å². The second kappa shape index (κ2) is 11.7. The number of hydrogen-bond donors (Lipinski definition) is 1. The zero-order valence-electron chi connectivity index (χ0n) is 17.4. The first-order chi connectivity index (χ1) is 15.3. The summed E-state index contributed by atoms with van der Waals surface area (Å²) >= 11 is 13.8. The summed E-state index contributed by atoms with van der Waals surface area (Å²) in [5.41, 5.74) is 1.04. The van der Waals surface area contributed by atoms with Gasteiger partial charge in [0.05, 0.1) is 5.75 Å². The van der Waals surface area contributed by atoms with Crippen molar-refractivity contribution < 1.29 is 17.6 Å². The normalized spacial score (nSPS) is 15.6. The van der Waals surface area contributed by atoms with Crippen LogP contribution < -0.4 is 5.32 Å². The molecular weight excluding hydrogens is 494 g/mol. The van der Waals surface area contributed by atoms with E-state index in [2.05, 4.69) is 5.32 Å². The van der Waals surface area contributed by atoms with Gasteiger partial charge >= 0.3 is 0 Å². The van der Waals surface area contributed by atoms with E-state index in [1.807, 2.05) is 24.3 Å². The van der Waals surface area contributed by atoms with Gasteiger partial charge in [-0.1, -0.05) is 47.5 Å². The highest BCUT2D eigenvalue weighted by Gasteiger charge is 2.32. The minimum atomic E-state index is -3.72. The van der Waals surface area contributed by atoms with Crippen LogP contribution >= 0.6 is 35.0 Å². The second-order valence-electron chi connectivity index (χ2n) is 7.56. The Labute approximate surface area is 202 Å². The fourth-order valence-corrected chi connectivity index (χ4v) is 6.59. The molecule has 1 saturated heterocycles. The van der Waals surface area contributed by atoms with Gasteiger partial charge in [0.15, 0.2) is 0 Å². The predicted octanol–water partition coefficient (Wildman–Crippen LogP) is 4.72. The standard InChI is InChI=1S/C22H25Cl2FN2O3S2/c23-19-5-2-1-4-17(19)14-31-13-10-26-22(28)16-8-11-27(12-9-16)32(29,30)15-18-20(24)6-3-7-21(18)25/h1-7,16H,8-15H2,(H,26,28). The first-order valence-electron chi connectivity index (χ1n) is 10.3. The van der Waals surface area contributed by atoms with Crippen LogP contribution in [-0.4, -0.2) is 44.0 Å². The maximum Gasteiger partial charge on any atom is 0.223 e. The molecule has 1 aliphatic heterocycles. The highest BCUT2D eigenvalue weighted by Crippen LogP contribution is 2.26. The van der Waals surface area contributed by atoms with E-state index in [-0.39, 0.29) is 35.5 Å². The molecule has 1 amide bonds. The summed E-state index contributed by atoms with van der Waals surface area (Å²) in [5.74, 6) is 0.121. The molecule has 1 heterocycles. The van der Waals surface area contributed by atoms with Crippen molar-refractivity contribution in [3.8, 4) is 0 Å². The van der Waals surface area contributed by atoms with Gasteiger partial charge in [-0.05, 0) is 36.6 Å². The quantitative estimate of drug-likeness (QED) is 0.487. The fourth-order valence-electron chi connectivity index (χ4n) is 3.53. The lowest BCUT2D eigenvalue weighted by molar-refractivity contribution is -0.125. The van der Waals surface area contributed by atoms with Crippen molar-refractivity contribution in [1.29, 1.82) is 0 Å². The Hall–Kier alpha value is -1.32. The topological polar surface area (TPSA) is 66.5 Å². The van der Waals surface area contributed by atoms with Crippen LogP contribution in [0.5, 0.6) is 0 Å². The van der Waals surface area contributed by atoms with E-state index in [4.69, 9.17) is 23.2 Å². The van der Waals surface area contributed by atoms with Gasteiger partial charge in [-0.3, -0.25) is 4.79 Å². The number of thioether (sulfide) groups is 1. The number of amides is 1. The summed E-state index contributed by atoms with van der Waals surface area (Å²) in [4.78, 5) is 12.4. The summed E-state index contributed by atoms with van der Waals surface area (Å²) in [6.45, 7) is 1.000. The van der Waals surface area contributed by atoms with E-state index < -0.39 is 21.6 Å². The molecule has 2 aromatic carbocycles. The predicted molar refractivity (Wildman–Crippen MR) is 129 cm³/mol. The van der Waals surface area contributed by atoms with Crippen LogP contribution in [0.25, 0.3) is 0 Å². The van der Waals surface area contributed by atoms with Gasteiger partial charge in [0.25, 0.3) is 0 Å². The van der Waals surface area contributed by atoms with Gasteiger partial charge in [-0.25, -0.2) is 17.1 Å². The highest BCUT2D eigenvalue weighted by atomic mass is 35.5. The summed E-state index contributed by atoms with van der Waals surface area (Å²) < 4.78 is 40.7. The van der Waals surface area contributed by atoms with Gasteiger partial charge in [0.1, 0.15) is 5.82 Å². The monoisotopic (exact) mass is 518 g/mol. The van der Waals surface area contributed by atoms with Crippen LogP contribution in [0.1, 0.15) is 24.0 Å². The third kappa shape index (κ3) is 6.84. The molecule has 0 saturated carbocycles. The summed E-state index contributed by atoms with van der Waals surface area (Å²) in [7, 11) is -3.72. The molecule has 0 radical (unpaired) electrons. The number of benzene rings is 2. The van der Waals surface area contributed by atoms with E-state index in [1.165, 1.54) is 22.5 Å². The molecule has 0 aromatic heterocycles. The molecule has 0 unspecified atom stereocenters. The number of piperidine rings is 1. The molecule has 10 heteroatoms. The molecule has 0 aliphatic carbocycles. The molecule has 1 fully saturated rings. The van der Waals surface area contributed by atoms with E-state index in [0.29, 0.717) is 19.4 Å².